The van der Waals surface area contributed by atoms with E-state index in [2.05, 4.69) is 0 Å². The molecule has 0 bridgehead atoms. The van der Waals surface area contributed by atoms with Gasteiger partial charge in [-0.25, -0.2) is 0 Å². The molecule has 2 aliphatic rings. The Morgan fingerprint density at radius 2 is 1.02 bits per heavy atom. The molecule has 1 unspecified atom stereocenters. The van der Waals surface area contributed by atoms with Crippen LogP contribution in [0.1, 0.15) is 20.3 Å². The lowest BCUT2D eigenvalue weighted by Crippen LogP contribution is -2.63. The van der Waals surface area contributed by atoms with Crippen LogP contribution in [0.5, 0.6) is 0 Å². The molecule has 15 atom stereocenters. The Labute approximate surface area is 252 Å². The fourth-order valence-electron chi connectivity index (χ4n) is 3.77. The zero-order chi connectivity index (χ0) is 34.5. The molecule has 20 nitrogen and oxygen atoms in total. The molecule has 44 heavy (non-hydrogen) atoms. The topological polar surface area (TPSA) is 374 Å². The van der Waals surface area contributed by atoms with Gasteiger partial charge in [0, 0.05) is 0 Å². The molecular formula is C24H49NO19. The van der Waals surface area contributed by atoms with Crippen LogP contribution in [-0.2, 0) is 19.0 Å². The molecular weight excluding hydrogens is 606 g/mol. The lowest BCUT2D eigenvalue weighted by molar-refractivity contribution is -0.376. The minimum Gasteiger partial charge on any atom is -0.480 e. The lowest BCUT2D eigenvalue weighted by atomic mass is 9.98. The standard InChI is InChI=1S/C12H22O11.C6H13NO2.C6H14O6/c13-1-3-5(15)7(17)9(19)11(21-3)23-12-10(20)8(18)6(16)4(2-14)22-12;1-4(2)3-5(7)6(8)9;7-1-3(9)5(11)6(12)4(10)2-8/h3-20H,1-2H2;4-5H,3,7H2,1-2H3,(H,8,9);3-12H,1-2H2/t3-,4-,5-,6-,7+,8+,9-,10-,11-,12-;;3-,4-,5-,6-/m1.1/s1. The monoisotopic (exact) mass is 655 g/mol. The minimum absolute atomic E-state index is 0.357. The zero-order valence-corrected chi connectivity index (χ0v) is 24.2. The highest BCUT2D eigenvalue weighted by Gasteiger charge is 2.49. The Bertz CT molecular complexity index is 730. The number of hydrogen-bond acceptors (Lipinski definition) is 19. The lowest BCUT2D eigenvalue weighted by Gasteiger charge is -2.44. The first-order chi connectivity index (χ1) is 20.4. The predicted molar refractivity (Wildman–Crippen MR) is 142 cm³/mol. The van der Waals surface area contributed by atoms with Crippen molar-refractivity contribution in [3.63, 3.8) is 0 Å². The summed E-state index contributed by atoms with van der Waals surface area (Å²) < 4.78 is 15.3. The normalized spacial score (nSPS) is 35.7. The molecule has 0 amide bonds. The molecule has 2 fully saturated rings. The van der Waals surface area contributed by atoms with Gasteiger partial charge in [-0.3, -0.25) is 4.79 Å². The number of hydrogen-bond donors (Lipinski definition) is 16. The number of carboxylic acids is 1. The quantitative estimate of drug-likeness (QED) is 0.0927. The second-order valence-corrected chi connectivity index (χ2v) is 10.6. The van der Waals surface area contributed by atoms with Gasteiger partial charge in [0.1, 0.15) is 79.3 Å². The average Bonchev–Trinajstić information content (AvgIpc) is 2.99. The summed E-state index contributed by atoms with van der Waals surface area (Å²) in [6, 6.07) is -0.690. The first kappa shape index (κ1) is 42.8. The summed E-state index contributed by atoms with van der Waals surface area (Å²) in [5.74, 6) is -0.556. The number of carbonyl (C=O) groups is 1. The van der Waals surface area contributed by atoms with E-state index in [4.69, 9.17) is 65.9 Å². The maximum Gasteiger partial charge on any atom is 0.320 e. The van der Waals surface area contributed by atoms with Crippen LogP contribution in [0, 0.1) is 5.92 Å². The first-order valence-corrected chi connectivity index (χ1v) is 13.6. The number of aliphatic carboxylic acids is 1. The van der Waals surface area contributed by atoms with Crippen LogP contribution in [-0.4, -0.2) is 201 Å². The van der Waals surface area contributed by atoms with Gasteiger partial charge in [0.2, 0.25) is 0 Å². The number of aliphatic hydroxyl groups excluding tert-OH is 14. The Morgan fingerprint density at radius 1 is 0.682 bits per heavy atom. The Kier molecular flexibility index (Phi) is 20.2. The smallest absolute Gasteiger partial charge is 0.320 e. The van der Waals surface area contributed by atoms with Crippen LogP contribution in [0.3, 0.4) is 0 Å². The third-order valence-electron chi connectivity index (χ3n) is 6.52. The zero-order valence-electron chi connectivity index (χ0n) is 24.2. The van der Waals surface area contributed by atoms with Crippen molar-refractivity contribution in [2.24, 2.45) is 11.7 Å². The highest BCUT2D eigenvalue weighted by Crippen LogP contribution is 2.27. The van der Waals surface area contributed by atoms with Crippen LogP contribution >= 0.6 is 0 Å². The summed E-state index contributed by atoms with van der Waals surface area (Å²) in [5, 5.41) is 137. The Morgan fingerprint density at radius 3 is 1.25 bits per heavy atom. The number of nitrogens with two attached hydrogens (primary N) is 1. The SMILES string of the molecule is CC(C)CC(N)C(=O)O.OC[C@@H](O)[C@@H](O)[C@H](O)[C@H](O)CO.OC[C@H]1O[C@H](O[C@H]2O[C@H](CO)[C@@H](O)[C@H](O)[C@H]2O)[C@H](O)[C@@H](O)[C@@H]1O. The van der Waals surface area contributed by atoms with Crippen LogP contribution < -0.4 is 5.73 Å². The average molecular weight is 656 g/mol. The Hall–Kier alpha value is -1.25. The maximum atomic E-state index is 10.1. The molecule has 2 aliphatic heterocycles. The van der Waals surface area contributed by atoms with Crippen LogP contribution in [0.4, 0.5) is 0 Å². The van der Waals surface area contributed by atoms with Gasteiger partial charge in [-0.15, -0.1) is 0 Å². The Balaban J connectivity index is 0.000000738. The van der Waals surface area contributed by atoms with Crippen LogP contribution in [0.2, 0.25) is 0 Å². The van der Waals surface area contributed by atoms with Gasteiger partial charge in [-0.05, 0) is 12.3 Å². The van der Waals surface area contributed by atoms with Gasteiger partial charge in [0.15, 0.2) is 12.6 Å². The van der Waals surface area contributed by atoms with Gasteiger partial charge < -0.3 is 96.5 Å². The van der Waals surface area contributed by atoms with E-state index in [0.717, 1.165) is 0 Å². The van der Waals surface area contributed by atoms with E-state index in [1.807, 2.05) is 13.8 Å². The van der Waals surface area contributed by atoms with Crippen molar-refractivity contribution >= 4 is 5.97 Å². The maximum absolute atomic E-state index is 10.1. The molecule has 20 heteroatoms. The van der Waals surface area contributed by atoms with Crippen LogP contribution in [0.25, 0.3) is 0 Å². The summed E-state index contributed by atoms with van der Waals surface area (Å²) in [6.45, 7) is 1.11. The molecule has 0 aliphatic carbocycles. The number of ether oxygens (including phenoxy) is 3. The largest absolute Gasteiger partial charge is 0.480 e. The van der Waals surface area contributed by atoms with E-state index in [-0.39, 0.29) is 0 Å². The molecule has 0 radical (unpaired) electrons. The highest BCUT2D eigenvalue weighted by molar-refractivity contribution is 5.72. The predicted octanol–water partition coefficient (Wildman–Crippen LogP) is -8.54. The van der Waals surface area contributed by atoms with Crippen molar-refractivity contribution in [3.05, 3.63) is 0 Å². The second kappa shape index (κ2) is 20.8. The molecule has 0 aromatic rings. The van der Waals surface area contributed by atoms with Crippen molar-refractivity contribution in [1.29, 1.82) is 0 Å². The van der Waals surface area contributed by atoms with Gasteiger partial charge in [0.25, 0.3) is 0 Å². The van der Waals surface area contributed by atoms with Gasteiger partial charge >= 0.3 is 5.97 Å². The van der Waals surface area contributed by atoms with E-state index in [1.165, 1.54) is 0 Å². The first-order valence-electron chi connectivity index (χ1n) is 13.6. The number of aliphatic hydroxyl groups is 14. The van der Waals surface area contributed by atoms with Gasteiger partial charge in [-0.2, -0.15) is 0 Å². The fraction of sp³-hybridized carbons (Fsp3) is 0.958. The molecule has 17 N–H and O–H groups in total. The number of carboxylic acid groups (broad SMARTS) is 1. The highest BCUT2D eigenvalue weighted by atomic mass is 16.8. The van der Waals surface area contributed by atoms with E-state index in [1.54, 1.807) is 0 Å². The summed E-state index contributed by atoms with van der Waals surface area (Å²) in [6.07, 6.45) is -21.4. The van der Waals surface area contributed by atoms with Crippen molar-refractivity contribution in [2.75, 3.05) is 26.4 Å². The molecule has 0 saturated carbocycles. The summed E-state index contributed by atoms with van der Waals surface area (Å²) >= 11 is 0. The van der Waals surface area contributed by atoms with Gasteiger partial charge in [0.05, 0.1) is 26.4 Å². The molecule has 0 spiro atoms. The van der Waals surface area contributed by atoms with Gasteiger partial charge in [-0.1, -0.05) is 13.8 Å². The van der Waals surface area contributed by atoms with Crippen LogP contribution in [0.15, 0.2) is 0 Å². The number of rotatable bonds is 12. The van der Waals surface area contributed by atoms with E-state index in [9.17, 15) is 35.4 Å². The van der Waals surface area contributed by atoms with E-state index in [0.29, 0.717) is 12.3 Å². The summed E-state index contributed by atoms with van der Waals surface area (Å²) in [7, 11) is 0. The molecule has 0 aromatic heterocycles. The van der Waals surface area contributed by atoms with E-state index < -0.39 is 124 Å². The molecule has 2 heterocycles. The molecule has 2 saturated heterocycles. The van der Waals surface area contributed by atoms with Crippen molar-refractivity contribution < 1.29 is 95.6 Å². The molecule has 264 valence electrons. The second-order valence-electron chi connectivity index (χ2n) is 10.6. The van der Waals surface area contributed by atoms with E-state index >= 15 is 0 Å². The van der Waals surface area contributed by atoms with Crippen molar-refractivity contribution in [3.8, 4) is 0 Å². The van der Waals surface area contributed by atoms with Crippen molar-refractivity contribution in [1.82, 2.24) is 0 Å². The minimum atomic E-state index is -1.72. The third kappa shape index (κ3) is 12.9. The summed E-state index contributed by atoms with van der Waals surface area (Å²) in [5.41, 5.74) is 5.22. The molecule has 0 aromatic carbocycles. The third-order valence-corrected chi connectivity index (χ3v) is 6.52. The summed E-state index contributed by atoms with van der Waals surface area (Å²) in [4.78, 5) is 10.1. The molecule has 2 rings (SSSR count). The fourth-order valence-corrected chi connectivity index (χ4v) is 3.77. The van der Waals surface area contributed by atoms with Crippen molar-refractivity contribution in [2.45, 2.75) is 112 Å².